The van der Waals surface area contributed by atoms with Crippen molar-refractivity contribution in [3.63, 3.8) is 0 Å². The Bertz CT molecular complexity index is 343. The highest BCUT2D eigenvalue weighted by atomic mass is 32.1. The topological polar surface area (TPSA) is 53.6 Å². The second-order valence-corrected chi connectivity index (χ2v) is 4.95. The van der Waals surface area contributed by atoms with Crippen molar-refractivity contribution >= 4 is 17.3 Å². The number of nitrogens with zero attached hydrogens (tertiary/aromatic N) is 2. The van der Waals surface area contributed by atoms with Crippen LogP contribution < -0.4 is 11.3 Å². The minimum atomic E-state index is 0.489. The van der Waals surface area contributed by atoms with E-state index >= 15 is 0 Å². The number of rotatable bonds is 4. The van der Waals surface area contributed by atoms with Gasteiger partial charge in [-0.05, 0) is 31.2 Å². The molecule has 0 unspecified atom stereocenters. The van der Waals surface area contributed by atoms with Crippen molar-refractivity contribution in [3.8, 4) is 0 Å². The fraction of sp³-hybridized carbons (Fsp3) is 0.545. The zero-order valence-electron chi connectivity index (χ0n) is 9.52. The van der Waals surface area contributed by atoms with Crippen LogP contribution in [-0.4, -0.2) is 23.4 Å². The van der Waals surface area contributed by atoms with E-state index in [9.17, 15) is 0 Å². The van der Waals surface area contributed by atoms with Crippen molar-refractivity contribution in [3.05, 3.63) is 22.4 Å². The van der Waals surface area contributed by atoms with Crippen LogP contribution in [0.2, 0.25) is 0 Å². The molecule has 0 atom stereocenters. The molecule has 16 heavy (non-hydrogen) atoms. The number of thiophene rings is 1. The molecule has 0 aliphatic heterocycles. The van der Waals surface area contributed by atoms with Crippen LogP contribution in [0, 0.1) is 0 Å². The number of nitrogens with one attached hydrogen (secondary N) is 1. The van der Waals surface area contributed by atoms with Crippen LogP contribution in [0.3, 0.4) is 0 Å². The predicted octanol–water partition coefficient (Wildman–Crippen LogP) is 1.55. The van der Waals surface area contributed by atoms with Crippen LogP contribution in [0.15, 0.2) is 22.5 Å². The van der Waals surface area contributed by atoms with E-state index in [0.29, 0.717) is 6.04 Å². The van der Waals surface area contributed by atoms with E-state index in [2.05, 4.69) is 39.8 Å². The number of guanidine groups is 1. The van der Waals surface area contributed by atoms with Gasteiger partial charge in [-0.3, -0.25) is 5.43 Å². The Morgan fingerprint density at radius 2 is 2.50 bits per heavy atom. The van der Waals surface area contributed by atoms with Gasteiger partial charge in [0.15, 0.2) is 0 Å². The molecule has 4 nitrogen and oxygen atoms in total. The molecule has 1 aromatic heterocycles. The van der Waals surface area contributed by atoms with Crippen molar-refractivity contribution in [1.82, 2.24) is 10.3 Å². The summed E-state index contributed by atoms with van der Waals surface area (Å²) in [6, 6.07) is 4.70. The molecule has 0 radical (unpaired) electrons. The van der Waals surface area contributed by atoms with Crippen LogP contribution in [0.1, 0.15) is 24.6 Å². The maximum atomic E-state index is 5.54. The summed E-state index contributed by atoms with van der Waals surface area (Å²) in [7, 11) is 0. The standard InChI is InChI=1S/C11H18N4S/c1-2-15(8-10-4-3-7-16-10)11(14-12)13-9-5-6-9/h3-4,7,9H,2,5-6,8,12H2,1H3,(H,13,14). The van der Waals surface area contributed by atoms with E-state index in [-0.39, 0.29) is 0 Å². The van der Waals surface area contributed by atoms with Gasteiger partial charge in [-0.15, -0.1) is 11.3 Å². The zero-order chi connectivity index (χ0) is 11.4. The van der Waals surface area contributed by atoms with E-state index in [1.165, 1.54) is 17.7 Å². The number of hydrogen-bond donors (Lipinski definition) is 2. The van der Waals surface area contributed by atoms with Gasteiger partial charge in [0.2, 0.25) is 5.96 Å². The molecule has 3 N–H and O–H groups in total. The van der Waals surface area contributed by atoms with Gasteiger partial charge in [0.1, 0.15) is 0 Å². The van der Waals surface area contributed by atoms with Gasteiger partial charge < -0.3 is 4.90 Å². The third kappa shape index (κ3) is 2.96. The molecule has 5 heteroatoms. The number of aliphatic imine (C=N–C) groups is 1. The summed E-state index contributed by atoms with van der Waals surface area (Å²) >= 11 is 1.76. The number of nitrogens with two attached hydrogens (primary N) is 1. The van der Waals surface area contributed by atoms with Gasteiger partial charge in [-0.2, -0.15) is 0 Å². The molecule has 1 aromatic rings. The summed E-state index contributed by atoms with van der Waals surface area (Å²) in [6.07, 6.45) is 2.39. The number of hydrogen-bond acceptors (Lipinski definition) is 3. The minimum Gasteiger partial charge on any atom is -0.337 e. The van der Waals surface area contributed by atoms with Crippen LogP contribution in [-0.2, 0) is 6.54 Å². The first-order valence-corrected chi connectivity index (χ1v) is 6.53. The molecule has 0 aromatic carbocycles. The van der Waals surface area contributed by atoms with Gasteiger partial charge in [0, 0.05) is 11.4 Å². The fourth-order valence-electron chi connectivity index (χ4n) is 1.51. The van der Waals surface area contributed by atoms with Crippen molar-refractivity contribution in [2.24, 2.45) is 10.8 Å². The lowest BCUT2D eigenvalue weighted by atomic mass is 10.4. The Morgan fingerprint density at radius 1 is 1.69 bits per heavy atom. The average molecular weight is 238 g/mol. The lowest BCUT2D eigenvalue weighted by Crippen LogP contribution is -2.44. The lowest BCUT2D eigenvalue weighted by molar-refractivity contribution is 0.420. The molecule has 0 amide bonds. The average Bonchev–Trinajstić information content (AvgIpc) is 2.98. The Morgan fingerprint density at radius 3 is 3.00 bits per heavy atom. The first kappa shape index (κ1) is 11.4. The molecule has 0 saturated heterocycles. The molecule has 88 valence electrons. The Hall–Kier alpha value is -1.07. The summed E-state index contributed by atoms with van der Waals surface area (Å²) in [4.78, 5) is 8.07. The van der Waals surface area contributed by atoms with Crippen LogP contribution in [0.4, 0.5) is 0 Å². The van der Waals surface area contributed by atoms with E-state index in [0.717, 1.165) is 19.0 Å². The van der Waals surface area contributed by atoms with Crippen molar-refractivity contribution in [1.29, 1.82) is 0 Å². The molecule has 0 spiro atoms. The van der Waals surface area contributed by atoms with Crippen LogP contribution in [0.5, 0.6) is 0 Å². The third-order valence-corrected chi connectivity index (χ3v) is 3.45. The summed E-state index contributed by atoms with van der Waals surface area (Å²) in [6.45, 7) is 3.91. The molecular weight excluding hydrogens is 220 g/mol. The highest BCUT2D eigenvalue weighted by Gasteiger charge is 2.22. The van der Waals surface area contributed by atoms with Crippen LogP contribution in [0.25, 0.3) is 0 Å². The molecule has 0 bridgehead atoms. The SMILES string of the molecule is CCN(Cc1cccs1)C(=NC1CC1)NN. The Kier molecular flexibility index (Phi) is 3.79. The van der Waals surface area contributed by atoms with E-state index < -0.39 is 0 Å². The van der Waals surface area contributed by atoms with Gasteiger partial charge in [-0.25, -0.2) is 10.8 Å². The third-order valence-electron chi connectivity index (χ3n) is 2.59. The maximum absolute atomic E-state index is 5.54. The highest BCUT2D eigenvalue weighted by Crippen LogP contribution is 2.24. The summed E-state index contributed by atoms with van der Waals surface area (Å²) < 4.78 is 0. The van der Waals surface area contributed by atoms with Gasteiger partial charge in [0.05, 0.1) is 12.6 Å². The predicted molar refractivity (Wildman–Crippen MR) is 68.2 cm³/mol. The smallest absolute Gasteiger partial charge is 0.208 e. The van der Waals surface area contributed by atoms with Crippen LogP contribution >= 0.6 is 11.3 Å². The van der Waals surface area contributed by atoms with Gasteiger partial charge in [-0.1, -0.05) is 6.07 Å². The van der Waals surface area contributed by atoms with Crippen molar-refractivity contribution < 1.29 is 0 Å². The molecule has 1 heterocycles. The summed E-state index contributed by atoms with van der Waals surface area (Å²) in [5, 5.41) is 2.09. The molecule has 1 aliphatic rings. The monoisotopic (exact) mass is 238 g/mol. The quantitative estimate of drug-likeness (QED) is 0.362. The van der Waals surface area contributed by atoms with E-state index in [1.54, 1.807) is 11.3 Å². The molecule has 2 rings (SSSR count). The Balaban J connectivity index is 2.01. The minimum absolute atomic E-state index is 0.489. The zero-order valence-corrected chi connectivity index (χ0v) is 10.3. The molecule has 1 saturated carbocycles. The van der Waals surface area contributed by atoms with Gasteiger partial charge in [0.25, 0.3) is 0 Å². The highest BCUT2D eigenvalue weighted by molar-refractivity contribution is 7.09. The maximum Gasteiger partial charge on any atom is 0.208 e. The van der Waals surface area contributed by atoms with Gasteiger partial charge >= 0.3 is 0 Å². The second-order valence-electron chi connectivity index (χ2n) is 3.92. The number of hydrazine groups is 1. The van der Waals surface area contributed by atoms with E-state index in [4.69, 9.17) is 5.84 Å². The Labute approximate surface area is 100 Å². The van der Waals surface area contributed by atoms with E-state index in [1.807, 2.05) is 0 Å². The fourth-order valence-corrected chi connectivity index (χ4v) is 2.23. The van der Waals surface area contributed by atoms with Crippen molar-refractivity contribution in [2.45, 2.75) is 32.4 Å². The van der Waals surface area contributed by atoms with Crippen molar-refractivity contribution in [2.75, 3.05) is 6.54 Å². The molecule has 1 fully saturated rings. The first-order chi connectivity index (χ1) is 7.83. The summed E-state index contributed by atoms with van der Waals surface area (Å²) in [5.41, 5.74) is 2.72. The largest absolute Gasteiger partial charge is 0.337 e. The first-order valence-electron chi connectivity index (χ1n) is 5.65. The molecule has 1 aliphatic carbocycles. The summed E-state index contributed by atoms with van der Waals surface area (Å²) in [5.74, 6) is 6.35. The second kappa shape index (κ2) is 5.32. The molecular formula is C11H18N4S. The lowest BCUT2D eigenvalue weighted by Gasteiger charge is -2.23. The normalized spacial score (nSPS) is 16.2.